The van der Waals surface area contributed by atoms with Gasteiger partial charge >= 0.3 is 0 Å². The van der Waals surface area contributed by atoms with Crippen molar-refractivity contribution in [3.63, 3.8) is 0 Å². The number of allylic oxidation sites excluding steroid dienone is 5. The summed E-state index contributed by atoms with van der Waals surface area (Å²) in [4.78, 5) is 0. The zero-order chi connectivity index (χ0) is 30.6. The van der Waals surface area contributed by atoms with Gasteiger partial charge in [0.2, 0.25) is 0 Å². The number of nitrogens with one attached hydrogen (secondary N) is 1. The molecule has 2 unspecified atom stereocenters. The van der Waals surface area contributed by atoms with Crippen LogP contribution < -0.4 is 10.1 Å². The highest BCUT2D eigenvalue weighted by Crippen LogP contribution is 2.44. The van der Waals surface area contributed by atoms with Crippen molar-refractivity contribution in [2.24, 2.45) is 0 Å². The number of hydrogen-bond acceptors (Lipinski definition) is 3. The maximum absolute atomic E-state index is 6.35. The number of benzene rings is 5. The van der Waals surface area contributed by atoms with Crippen LogP contribution >= 0.6 is 0 Å². The molecule has 1 N–H and O–H groups in total. The smallest absolute Gasteiger partial charge is 0.135 e. The van der Waals surface area contributed by atoms with Crippen LogP contribution in [0.3, 0.4) is 0 Å². The van der Waals surface area contributed by atoms with Gasteiger partial charge in [-0.1, -0.05) is 97.1 Å². The summed E-state index contributed by atoms with van der Waals surface area (Å²) in [6.45, 7) is 2.19. The van der Waals surface area contributed by atoms with Gasteiger partial charge in [-0.05, 0) is 89.2 Å². The molecule has 5 aromatic carbocycles. The molecular weight excluding hydrogens is 562 g/mol. The summed E-state index contributed by atoms with van der Waals surface area (Å²) in [5.74, 6) is 1.21. The molecule has 3 nitrogen and oxygen atoms in total. The molecule has 3 aliphatic rings. The third kappa shape index (κ3) is 4.59. The van der Waals surface area contributed by atoms with Gasteiger partial charge in [0.25, 0.3) is 0 Å². The molecule has 0 saturated heterocycles. The van der Waals surface area contributed by atoms with Crippen molar-refractivity contribution in [1.29, 1.82) is 0 Å². The van der Waals surface area contributed by atoms with Gasteiger partial charge in [-0.2, -0.15) is 0 Å². The predicted molar refractivity (Wildman–Crippen MR) is 190 cm³/mol. The molecule has 6 aromatic rings. The number of anilines is 1. The van der Waals surface area contributed by atoms with Crippen LogP contribution in [0.5, 0.6) is 5.75 Å². The molecule has 9 rings (SSSR count). The number of aryl methyl sites for hydroxylation is 1. The van der Waals surface area contributed by atoms with Crippen LogP contribution in [0.15, 0.2) is 150 Å². The topological polar surface area (TPSA) is 34.4 Å². The second-order valence-corrected chi connectivity index (χ2v) is 12.5. The van der Waals surface area contributed by atoms with Gasteiger partial charge in [0.05, 0.1) is 0 Å². The third-order valence-electron chi connectivity index (χ3n) is 9.59. The van der Waals surface area contributed by atoms with E-state index in [2.05, 4.69) is 134 Å². The van der Waals surface area contributed by atoms with Crippen LogP contribution in [0.2, 0.25) is 0 Å². The lowest BCUT2D eigenvalue weighted by molar-refractivity contribution is 0.278. The maximum atomic E-state index is 6.35. The lowest BCUT2D eigenvalue weighted by atomic mass is 9.85. The standard InChI is InChI=1S/C43H33NO2/c1-27-10-2-3-13-34(27)30-12-8-11-28(22-30)31-23-32(29-20-21-41-37(26-29)35-14-4-6-17-39(35)45-41)25-33(24-31)44-38-16-9-19-42-43(38)36-15-5-7-18-40(36)46-42/h2-10,12-18,20-26,28,42,44H,11,19H2,1H3. The molecule has 3 heteroatoms. The van der Waals surface area contributed by atoms with E-state index in [9.17, 15) is 0 Å². The largest absolute Gasteiger partial charge is 0.485 e. The van der Waals surface area contributed by atoms with Crippen LogP contribution in [-0.2, 0) is 0 Å². The first-order valence-corrected chi connectivity index (χ1v) is 16.1. The normalized spacial score (nSPS) is 18.4. The number of ether oxygens (including phenoxy) is 1. The number of para-hydroxylation sites is 2. The molecule has 1 aromatic heterocycles. The van der Waals surface area contributed by atoms with E-state index in [-0.39, 0.29) is 12.0 Å². The molecule has 0 radical (unpaired) electrons. The van der Waals surface area contributed by atoms with E-state index in [0.717, 1.165) is 51.9 Å². The molecule has 222 valence electrons. The van der Waals surface area contributed by atoms with Crippen LogP contribution in [0.4, 0.5) is 5.69 Å². The van der Waals surface area contributed by atoms with Crippen molar-refractivity contribution >= 4 is 38.8 Å². The van der Waals surface area contributed by atoms with Gasteiger partial charge in [-0.15, -0.1) is 0 Å². The second kappa shape index (κ2) is 10.8. The maximum Gasteiger partial charge on any atom is 0.135 e. The van der Waals surface area contributed by atoms with Crippen molar-refractivity contribution < 1.29 is 9.15 Å². The SMILES string of the molecule is Cc1ccccc1C1=CC(c2cc(NC3=C4c5ccccc5OC4CC=C3)cc(-c3ccc4oc5ccccc5c4c3)c2)CC=C1. The quantitative estimate of drug-likeness (QED) is 0.215. The lowest BCUT2D eigenvalue weighted by Gasteiger charge is -2.23. The minimum absolute atomic E-state index is 0.0346. The average Bonchev–Trinajstić information content (AvgIpc) is 3.67. The van der Waals surface area contributed by atoms with Crippen LogP contribution in [0.1, 0.15) is 41.0 Å². The molecule has 2 atom stereocenters. The Balaban J connectivity index is 1.18. The van der Waals surface area contributed by atoms with Crippen molar-refractivity contribution in [2.75, 3.05) is 5.32 Å². The van der Waals surface area contributed by atoms with Gasteiger partial charge in [0.1, 0.15) is 23.0 Å². The number of furan rings is 1. The first-order valence-electron chi connectivity index (χ1n) is 16.1. The van der Waals surface area contributed by atoms with E-state index in [4.69, 9.17) is 9.15 Å². The molecule has 0 fully saturated rings. The van der Waals surface area contributed by atoms with E-state index in [0.29, 0.717) is 0 Å². The molecule has 0 spiro atoms. The molecule has 0 amide bonds. The van der Waals surface area contributed by atoms with Crippen molar-refractivity contribution in [3.05, 3.63) is 168 Å². The Morgan fingerprint density at radius 3 is 2.41 bits per heavy atom. The Labute approximate surface area is 268 Å². The first-order chi connectivity index (χ1) is 22.7. The second-order valence-electron chi connectivity index (χ2n) is 12.5. The van der Waals surface area contributed by atoms with Gasteiger partial charge in [0, 0.05) is 45.6 Å². The predicted octanol–water partition coefficient (Wildman–Crippen LogP) is 11.2. The van der Waals surface area contributed by atoms with Crippen LogP contribution in [0.25, 0.3) is 44.2 Å². The summed E-state index contributed by atoms with van der Waals surface area (Å²) < 4.78 is 12.5. The Morgan fingerprint density at radius 1 is 0.674 bits per heavy atom. The average molecular weight is 596 g/mol. The zero-order valence-electron chi connectivity index (χ0n) is 25.7. The van der Waals surface area contributed by atoms with Crippen molar-refractivity contribution in [3.8, 4) is 16.9 Å². The molecule has 1 aliphatic heterocycles. The van der Waals surface area contributed by atoms with Gasteiger partial charge in [0.15, 0.2) is 0 Å². The molecule has 2 aliphatic carbocycles. The highest BCUT2D eigenvalue weighted by Gasteiger charge is 2.32. The fourth-order valence-corrected chi connectivity index (χ4v) is 7.33. The number of fused-ring (bicyclic) bond motifs is 6. The Kier molecular flexibility index (Phi) is 6.31. The van der Waals surface area contributed by atoms with E-state index in [1.54, 1.807) is 0 Å². The van der Waals surface area contributed by atoms with E-state index >= 15 is 0 Å². The minimum Gasteiger partial charge on any atom is -0.485 e. The Morgan fingerprint density at radius 2 is 1.48 bits per heavy atom. The Bertz CT molecular complexity index is 2300. The Hall–Kier alpha value is -5.54. The lowest BCUT2D eigenvalue weighted by Crippen LogP contribution is -2.17. The van der Waals surface area contributed by atoms with Crippen molar-refractivity contribution in [2.45, 2.75) is 31.8 Å². The fraction of sp³-hybridized carbons (Fsp3) is 0.116. The molecular formula is C43H33NO2. The minimum atomic E-state index is 0.0346. The summed E-state index contributed by atoms with van der Waals surface area (Å²) in [6, 6.07) is 38.9. The van der Waals surface area contributed by atoms with Crippen LogP contribution in [-0.4, -0.2) is 6.10 Å². The summed E-state index contributed by atoms with van der Waals surface area (Å²) in [5, 5.41) is 6.13. The number of rotatable bonds is 5. The third-order valence-corrected chi connectivity index (χ3v) is 9.59. The van der Waals surface area contributed by atoms with Gasteiger partial charge < -0.3 is 14.5 Å². The van der Waals surface area contributed by atoms with E-state index in [1.807, 2.05) is 18.2 Å². The van der Waals surface area contributed by atoms with E-state index < -0.39 is 0 Å². The molecule has 2 heterocycles. The first kappa shape index (κ1) is 26.8. The molecule has 0 bridgehead atoms. The molecule has 46 heavy (non-hydrogen) atoms. The summed E-state index contributed by atoms with van der Waals surface area (Å²) in [7, 11) is 0. The number of hydrogen-bond donors (Lipinski definition) is 1. The van der Waals surface area contributed by atoms with E-state index in [1.165, 1.54) is 44.5 Å². The zero-order valence-corrected chi connectivity index (χ0v) is 25.7. The summed E-state index contributed by atoms with van der Waals surface area (Å²) in [6.07, 6.45) is 13.3. The van der Waals surface area contributed by atoms with Gasteiger partial charge in [-0.3, -0.25) is 0 Å². The van der Waals surface area contributed by atoms with Crippen molar-refractivity contribution in [1.82, 2.24) is 0 Å². The highest BCUT2D eigenvalue weighted by atomic mass is 16.5. The monoisotopic (exact) mass is 595 g/mol. The summed E-state index contributed by atoms with van der Waals surface area (Å²) >= 11 is 0. The van der Waals surface area contributed by atoms with Gasteiger partial charge in [-0.25, -0.2) is 0 Å². The highest BCUT2D eigenvalue weighted by molar-refractivity contribution is 6.06. The summed E-state index contributed by atoms with van der Waals surface area (Å²) in [5.41, 5.74) is 13.9. The van der Waals surface area contributed by atoms with Crippen LogP contribution in [0, 0.1) is 6.92 Å². The molecule has 0 saturated carbocycles. The fourth-order valence-electron chi connectivity index (χ4n) is 7.33.